The Kier molecular flexibility index (Phi) is 10.6. The molecule has 0 aliphatic rings. The van der Waals surface area contributed by atoms with E-state index < -0.39 is 25.1 Å². The van der Waals surface area contributed by atoms with Crippen LogP contribution < -0.4 is 4.40 Å². The van der Waals surface area contributed by atoms with Crippen molar-refractivity contribution < 1.29 is 22.8 Å². The van der Waals surface area contributed by atoms with E-state index in [1.807, 2.05) is 88.5 Å². The van der Waals surface area contributed by atoms with Crippen LogP contribution in [0.5, 0.6) is 0 Å². The SMILES string of the molecule is [2H]C(C)(C)c1cccc2c1ccc1c3cc[c-]c(-c4cc(C([2H])(C)/C=C/C)ccn4)c3sc21.[CH3][Ge]([CH3])([CH3])[c]1ccc(-c2[c-]cccc2)nc1.[Ir]. The number of allylic oxidation sites excluding steroid dienone is 2. The fourth-order valence-corrected chi connectivity index (χ4v) is 9.40. The van der Waals surface area contributed by atoms with Crippen molar-refractivity contribution in [2.24, 2.45) is 0 Å². The minimum atomic E-state index is -1.72. The first-order valence-electron chi connectivity index (χ1n) is 17.1. The number of fused-ring (bicyclic) bond motifs is 5. The van der Waals surface area contributed by atoms with Crippen LogP contribution in [-0.2, 0) is 20.1 Å². The van der Waals surface area contributed by atoms with Gasteiger partial charge in [-0.05, 0) is 62.5 Å². The normalized spacial score (nSPS) is 13.8. The van der Waals surface area contributed by atoms with Crippen LogP contribution in [0.25, 0.3) is 53.5 Å². The van der Waals surface area contributed by atoms with E-state index in [0.29, 0.717) is 0 Å². The molecule has 1 unspecified atom stereocenters. The molecule has 48 heavy (non-hydrogen) atoms. The molecule has 0 spiro atoms. The van der Waals surface area contributed by atoms with Crippen LogP contribution in [0.15, 0.2) is 116 Å². The molecule has 0 saturated carbocycles. The van der Waals surface area contributed by atoms with Gasteiger partial charge in [-0.15, -0.1) is 23.8 Å². The maximum absolute atomic E-state index is 8.70. The molecular formula is C43H42GeIrN2S-2. The summed E-state index contributed by atoms with van der Waals surface area (Å²) >= 11 is 0.0463. The van der Waals surface area contributed by atoms with Crippen molar-refractivity contribution in [1.82, 2.24) is 9.97 Å². The van der Waals surface area contributed by atoms with E-state index in [9.17, 15) is 0 Å². The molecule has 0 aliphatic heterocycles. The van der Waals surface area contributed by atoms with E-state index in [0.717, 1.165) is 43.7 Å². The van der Waals surface area contributed by atoms with Gasteiger partial charge in [0, 0.05) is 33.7 Å². The van der Waals surface area contributed by atoms with E-state index >= 15 is 0 Å². The first-order valence-corrected chi connectivity index (χ1v) is 24.3. The monoisotopic (exact) mass is 887 g/mol. The van der Waals surface area contributed by atoms with Gasteiger partial charge in [-0.3, -0.25) is 0 Å². The van der Waals surface area contributed by atoms with Crippen molar-refractivity contribution in [2.45, 2.75) is 56.8 Å². The largest absolute Gasteiger partial charge is 0 e. The van der Waals surface area contributed by atoms with Crippen LogP contribution in [0.3, 0.4) is 0 Å². The second-order valence-electron chi connectivity index (χ2n) is 13.1. The van der Waals surface area contributed by atoms with Gasteiger partial charge < -0.3 is 4.98 Å². The Morgan fingerprint density at radius 1 is 0.771 bits per heavy atom. The van der Waals surface area contributed by atoms with E-state index in [4.69, 9.17) is 2.74 Å². The Hall–Kier alpha value is -3.41. The summed E-state index contributed by atoms with van der Waals surface area (Å²) in [6.45, 7) is 7.72. The molecule has 7 rings (SSSR count). The zero-order chi connectivity index (χ0) is 35.0. The molecule has 0 fully saturated rings. The van der Waals surface area contributed by atoms with Crippen molar-refractivity contribution in [3.05, 3.63) is 139 Å². The van der Waals surface area contributed by atoms with E-state index in [-0.39, 0.29) is 20.1 Å². The zero-order valence-electron chi connectivity index (χ0n) is 30.6. The smallest absolute Gasteiger partial charge is 0 e. The fourth-order valence-electron chi connectivity index (χ4n) is 5.89. The van der Waals surface area contributed by atoms with Gasteiger partial charge in [-0.1, -0.05) is 74.7 Å². The third-order valence-electron chi connectivity index (χ3n) is 8.50. The Morgan fingerprint density at radius 2 is 1.54 bits per heavy atom. The molecule has 3 heterocycles. The molecule has 0 amide bonds. The summed E-state index contributed by atoms with van der Waals surface area (Å²) in [6, 6.07) is 37.6. The van der Waals surface area contributed by atoms with Crippen molar-refractivity contribution in [3.8, 4) is 22.5 Å². The van der Waals surface area contributed by atoms with Crippen molar-refractivity contribution in [1.29, 1.82) is 0 Å². The van der Waals surface area contributed by atoms with Crippen molar-refractivity contribution in [3.63, 3.8) is 0 Å². The summed E-state index contributed by atoms with van der Waals surface area (Å²) in [5.74, 6) is 5.67. The summed E-state index contributed by atoms with van der Waals surface area (Å²) < 4.78 is 21.1. The molecule has 7 aromatic rings. The molecule has 1 atom stereocenters. The Bertz CT molecular complexity index is 2280. The molecular weight excluding hydrogens is 841 g/mol. The van der Waals surface area contributed by atoms with Gasteiger partial charge in [-0.25, -0.2) is 0 Å². The van der Waals surface area contributed by atoms with Gasteiger partial charge in [0.15, 0.2) is 0 Å². The number of aromatic nitrogens is 2. The minimum absolute atomic E-state index is 0. The predicted octanol–water partition coefficient (Wildman–Crippen LogP) is 12.0. The molecule has 4 aromatic carbocycles. The van der Waals surface area contributed by atoms with Crippen LogP contribution in [0, 0.1) is 12.1 Å². The Labute approximate surface area is 308 Å². The van der Waals surface area contributed by atoms with Crippen LogP contribution in [0.2, 0.25) is 17.3 Å². The van der Waals surface area contributed by atoms with Crippen LogP contribution >= 0.6 is 11.3 Å². The first kappa shape index (κ1) is 33.1. The molecule has 3 aromatic heterocycles. The van der Waals surface area contributed by atoms with E-state index in [1.165, 1.54) is 25.3 Å². The molecule has 1 radical (unpaired) electrons. The standard InChI is InChI=1S/C29H26NS.C14H16GeN.Ir/c1-5-8-19(4)20-15-16-30-27(17-20)26-12-7-11-24-25-14-13-22-21(18(2)3)9-6-10-23(22)28(25)31-29(24)26;1-15(2,3)13-9-10-14(16-11-13)12-7-5-4-6-8-12;/h5-11,13-19H,1-4H3;4-7,9-11H,1-3H3;/q2*-1;/b8-5+;;/i18D,19D;;. The second kappa shape index (κ2) is 15.4. The number of hydrogen-bond donors (Lipinski definition) is 0. The number of rotatable bonds is 6. The third kappa shape index (κ3) is 7.58. The summed E-state index contributed by atoms with van der Waals surface area (Å²) in [5, 5.41) is 4.73. The molecule has 5 heteroatoms. The van der Waals surface area contributed by atoms with Crippen LogP contribution in [-0.4, -0.2) is 23.2 Å². The quantitative estimate of drug-likeness (QED) is 0.0945. The number of thiophene rings is 1. The molecule has 0 bridgehead atoms. The molecule has 0 saturated heterocycles. The molecule has 0 N–H and O–H groups in total. The van der Waals surface area contributed by atoms with Gasteiger partial charge in [-0.2, -0.15) is 11.3 Å². The number of pyridine rings is 2. The summed E-state index contributed by atoms with van der Waals surface area (Å²) in [5.41, 5.74) is 5.83. The molecule has 2 nitrogen and oxygen atoms in total. The van der Waals surface area contributed by atoms with Gasteiger partial charge in [0.25, 0.3) is 0 Å². The average Bonchev–Trinajstić information content (AvgIpc) is 3.48. The van der Waals surface area contributed by atoms with Crippen LogP contribution in [0.4, 0.5) is 0 Å². The summed E-state index contributed by atoms with van der Waals surface area (Å²) in [7, 11) is 0. The van der Waals surface area contributed by atoms with E-state index in [1.54, 1.807) is 17.5 Å². The van der Waals surface area contributed by atoms with Crippen LogP contribution in [0.1, 0.15) is 53.4 Å². The Morgan fingerprint density at radius 3 is 2.23 bits per heavy atom. The third-order valence-corrected chi connectivity index (χ3v) is 14.0. The van der Waals surface area contributed by atoms with E-state index in [2.05, 4.69) is 87.9 Å². The predicted molar refractivity (Wildman–Crippen MR) is 208 cm³/mol. The number of benzene rings is 4. The minimum Gasteiger partial charge on any atom is 0 e. The van der Waals surface area contributed by atoms with Gasteiger partial charge in [0.2, 0.25) is 0 Å². The molecule has 0 aliphatic carbocycles. The summed E-state index contributed by atoms with van der Waals surface area (Å²) in [4.78, 5) is 9.19. The van der Waals surface area contributed by atoms with Gasteiger partial charge >= 0.3 is 99.8 Å². The second-order valence-corrected chi connectivity index (χ2v) is 24.8. The van der Waals surface area contributed by atoms with Crippen molar-refractivity contribution >= 4 is 59.9 Å². The average molecular weight is 886 g/mol. The Balaban J connectivity index is 0.000000241. The number of nitrogens with zero attached hydrogens (tertiary/aromatic N) is 2. The molecule has 245 valence electrons. The van der Waals surface area contributed by atoms with Crippen molar-refractivity contribution in [2.75, 3.05) is 0 Å². The summed E-state index contributed by atoms with van der Waals surface area (Å²) in [6.07, 6.45) is 7.64. The zero-order valence-corrected chi connectivity index (χ0v) is 33.9. The number of hydrogen-bond acceptors (Lipinski definition) is 3. The maximum atomic E-state index is 8.70. The first-order chi connectivity index (χ1) is 23.3. The maximum Gasteiger partial charge on any atom is 0 e. The van der Waals surface area contributed by atoms with Gasteiger partial charge in [0.1, 0.15) is 0 Å². The fraction of sp³-hybridized carbons (Fsp3) is 0.209. The van der Waals surface area contributed by atoms with Gasteiger partial charge in [0.05, 0.1) is 0 Å². The topological polar surface area (TPSA) is 25.8 Å².